The number of hydrogen-bond acceptors (Lipinski definition) is 2. The second kappa shape index (κ2) is 24.6. The second-order valence-electron chi connectivity index (χ2n) is 9.93. The molecular weight excluding hydrogens is 400 g/mol. The predicted octanol–water partition coefficient (Wildman–Crippen LogP) is 9.80. The van der Waals surface area contributed by atoms with Crippen LogP contribution in [-0.2, 0) is 9.84 Å². The fraction of sp³-hybridized carbons (Fsp3) is 1.00. The zero-order chi connectivity index (χ0) is 22.9. The van der Waals surface area contributed by atoms with Crippen LogP contribution < -0.4 is 0 Å². The van der Waals surface area contributed by atoms with Gasteiger partial charge in [0.2, 0.25) is 0 Å². The number of sulfone groups is 1. The standard InChI is InChI=1S/C28H58O2S/c1-3-5-7-9-11-12-13-14-15-16-17-18-19-20-22-24-26-28-31(29,30)27-25-23-21-10-8-6-4-2/h3-28H2,1-2H3. The summed E-state index contributed by atoms with van der Waals surface area (Å²) in [7, 11) is -2.80. The number of unbranched alkanes of at least 4 members (excludes halogenated alkanes) is 22. The van der Waals surface area contributed by atoms with E-state index >= 15 is 0 Å². The van der Waals surface area contributed by atoms with E-state index in [9.17, 15) is 8.42 Å². The molecule has 0 heterocycles. The lowest BCUT2D eigenvalue weighted by Gasteiger charge is -2.05. The molecule has 0 rings (SSSR count). The Balaban J connectivity index is 3.26. The van der Waals surface area contributed by atoms with Gasteiger partial charge in [0, 0.05) is 0 Å². The van der Waals surface area contributed by atoms with Crippen molar-refractivity contribution in [1.29, 1.82) is 0 Å². The summed E-state index contributed by atoms with van der Waals surface area (Å²) in [6.07, 6.45) is 31.1. The average molecular weight is 459 g/mol. The maximum absolute atomic E-state index is 12.1. The molecule has 0 saturated heterocycles. The van der Waals surface area contributed by atoms with Crippen molar-refractivity contribution in [2.45, 2.75) is 168 Å². The van der Waals surface area contributed by atoms with Crippen LogP contribution in [0.4, 0.5) is 0 Å². The SMILES string of the molecule is CCCCCCCCCCCCCCCCCCCS(=O)(=O)CCCCCCCCC. The Morgan fingerprint density at radius 1 is 0.323 bits per heavy atom. The van der Waals surface area contributed by atoms with Crippen molar-refractivity contribution in [2.75, 3.05) is 11.5 Å². The molecule has 0 aromatic heterocycles. The molecule has 0 N–H and O–H groups in total. The summed E-state index contributed by atoms with van der Waals surface area (Å²) in [5.41, 5.74) is 0. The molecule has 0 aliphatic heterocycles. The van der Waals surface area contributed by atoms with Crippen LogP contribution in [0.1, 0.15) is 168 Å². The van der Waals surface area contributed by atoms with Crippen molar-refractivity contribution < 1.29 is 8.42 Å². The van der Waals surface area contributed by atoms with Gasteiger partial charge in [-0.05, 0) is 12.8 Å². The largest absolute Gasteiger partial charge is 0.229 e. The zero-order valence-corrected chi connectivity index (χ0v) is 22.4. The molecular formula is C28H58O2S. The molecule has 0 bridgehead atoms. The van der Waals surface area contributed by atoms with E-state index in [2.05, 4.69) is 13.8 Å². The fourth-order valence-corrected chi connectivity index (χ4v) is 5.92. The van der Waals surface area contributed by atoms with Crippen molar-refractivity contribution in [1.82, 2.24) is 0 Å². The van der Waals surface area contributed by atoms with E-state index < -0.39 is 9.84 Å². The van der Waals surface area contributed by atoms with Crippen molar-refractivity contribution in [2.24, 2.45) is 0 Å². The van der Waals surface area contributed by atoms with E-state index in [-0.39, 0.29) is 0 Å². The number of hydrogen-bond donors (Lipinski definition) is 0. The molecule has 2 nitrogen and oxygen atoms in total. The molecule has 0 radical (unpaired) electrons. The highest BCUT2D eigenvalue weighted by Gasteiger charge is 2.09. The van der Waals surface area contributed by atoms with Gasteiger partial charge >= 0.3 is 0 Å². The van der Waals surface area contributed by atoms with Gasteiger partial charge in [0.25, 0.3) is 0 Å². The van der Waals surface area contributed by atoms with Gasteiger partial charge in [0.1, 0.15) is 9.84 Å². The molecule has 0 aliphatic carbocycles. The topological polar surface area (TPSA) is 34.1 Å². The fourth-order valence-electron chi connectivity index (χ4n) is 4.43. The van der Waals surface area contributed by atoms with Gasteiger partial charge < -0.3 is 0 Å². The predicted molar refractivity (Wildman–Crippen MR) is 141 cm³/mol. The first kappa shape index (κ1) is 30.9. The van der Waals surface area contributed by atoms with Crippen molar-refractivity contribution in [3.05, 3.63) is 0 Å². The molecule has 0 atom stereocenters. The van der Waals surface area contributed by atoms with Gasteiger partial charge in [-0.15, -0.1) is 0 Å². The summed E-state index contributed by atoms with van der Waals surface area (Å²) in [6, 6.07) is 0. The summed E-state index contributed by atoms with van der Waals surface area (Å²) in [5, 5.41) is 0. The van der Waals surface area contributed by atoms with Crippen LogP contribution in [0.3, 0.4) is 0 Å². The van der Waals surface area contributed by atoms with E-state index in [1.165, 1.54) is 128 Å². The van der Waals surface area contributed by atoms with Crippen LogP contribution >= 0.6 is 0 Å². The minimum Gasteiger partial charge on any atom is -0.229 e. The van der Waals surface area contributed by atoms with Crippen molar-refractivity contribution >= 4 is 9.84 Å². The first-order valence-corrected chi connectivity index (χ1v) is 16.1. The lowest BCUT2D eigenvalue weighted by Crippen LogP contribution is -2.11. The average Bonchev–Trinajstić information content (AvgIpc) is 2.75. The van der Waals surface area contributed by atoms with Crippen LogP contribution in [0.25, 0.3) is 0 Å². The monoisotopic (exact) mass is 458 g/mol. The molecule has 188 valence electrons. The molecule has 3 heteroatoms. The Morgan fingerprint density at radius 3 is 0.742 bits per heavy atom. The third-order valence-corrected chi connectivity index (χ3v) is 8.44. The molecule has 0 amide bonds. The van der Waals surface area contributed by atoms with Crippen LogP contribution in [0, 0.1) is 0 Å². The molecule has 0 fully saturated rings. The summed E-state index contributed by atoms with van der Waals surface area (Å²) >= 11 is 0. The highest BCUT2D eigenvalue weighted by molar-refractivity contribution is 7.91. The molecule has 0 aliphatic rings. The second-order valence-corrected chi connectivity index (χ2v) is 12.2. The Hall–Kier alpha value is -0.0500. The minimum atomic E-state index is -2.80. The van der Waals surface area contributed by atoms with E-state index in [0.717, 1.165) is 25.7 Å². The van der Waals surface area contributed by atoms with Gasteiger partial charge in [-0.1, -0.05) is 155 Å². The van der Waals surface area contributed by atoms with Gasteiger partial charge in [0.15, 0.2) is 0 Å². The van der Waals surface area contributed by atoms with Crippen molar-refractivity contribution in [3.63, 3.8) is 0 Å². The lowest BCUT2D eigenvalue weighted by atomic mass is 10.0. The highest BCUT2D eigenvalue weighted by atomic mass is 32.2. The van der Waals surface area contributed by atoms with Crippen LogP contribution in [-0.4, -0.2) is 19.9 Å². The zero-order valence-electron chi connectivity index (χ0n) is 21.6. The van der Waals surface area contributed by atoms with Crippen LogP contribution in [0.2, 0.25) is 0 Å². The van der Waals surface area contributed by atoms with E-state index in [1.807, 2.05) is 0 Å². The van der Waals surface area contributed by atoms with E-state index in [4.69, 9.17) is 0 Å². The molecule has 0 unspecified atom stereocenters. The van der Waals surface area contributed by atoms with E-state index in [0.29, 0.717) is 11.5 Å². The third kappa shape index (κ3) is 26.1. The maximum atomic E-state index is 12.1. The van der Waals surface area contributed by atoms with Gasteiger partial charge in [-0.2, -0.15) is 0 Å². The normalized spacial score (nSPS) is 11.9. The van der Waals surface area contributed by atoms with Gasteiger partial charge in [0.05, 0.1) is 11.5 Å². The number of rotatable bonds is 26. The Kier molecular flexibility index (Phi) is 24.5. The maximum Gasteiger partial charge on any atom is 0.150 e. The molecule has 0 aromatic rings. The van der Waals surface area contributed by atoms with Crippen LogP contribution in [0.5, 0.6) is 0 Å². The first-order valence-electron chi connectivity index (χ1n) is 14.3. The summed E-state index contributed by atoms with van der Waals surface area (Å²) in [6.45, 7) is 4.51. The smallest absolute Gasteiger partial charge is 0.150 e. The summed E-state index contributed by atoms with van der Waals surface area (Å²) in [5.74, 6) is 0.834. The minimum absolute atomic E-state index is 0.416. The summed E-state index contributed by atoms with van der Waals surface area (Å²) < 4.78 is 24.3. The van der Waals surface area contributed by atoms with Gasteiger partial charge in [-0.25, -0.2) is 8.42 Å². The quantitative estimate of drug-likeness (QED) is 0.121. The van der Waals surface area contributed by atoms with Gasteiger partial charge in [-0.3, -0.25) is 0 Å². The molecule has 0 aromatic carbocycles. The molecule has 0 spiro atoms. The van der Waals surface area contributed by atoms with Crippen LogP contribution in [0.15, 0.2) is 0 Å². The lowest BCUT2D eigenvalue weighted by molar-refractivity contribution is 0.528. The highest BCUT2D eigenvalue weighted by Crippen LogP contribution is 2.14. The molecule has 31 heavy (non-hydrogen) atoms. The summed E-state index contributed by atoms with van der Waals surface area (Å²) in [4.78, 5) is 0. The van der Waals surface area contributed by atoms with E-state index in [1.54, 1.807) is 0 Å². The Bertz CT molecular complexity index is 430. The van der Waals surface area contributed by atoms with Crippen molar-refractivity contribution in [3.8, 4) is 0 Å². The third-order valence-electron chi connectivity index (χ3n) is 6.62. The Morgan fingerprint density at radius 2 is 0.516 bits per heavy atom. The first-order chi connectivity index (χ1) is 15.1. The Labute approximate surface area is 197 Å². The molecule has 0 saturated carbocycles.